The molecule has 1 heterocycles. The van der Waals surface area contributed by atoms with Crippen molar-refractivity contribution in [3.05, 3.63) is 57.6 Å². The fraction of sp³-hybridized carbons (Fsp3) is 0.263. The first-order chi connectivity index (χ1) is 15.4. The van der Waals surface area contributed by atoms with E-state index in [-0.39, 0.29) is 23.4 Å². The molecular formula is C19H15BF3N3O7. The summed E-state index contributed by atoms with van der Waals surface area (Å²) in [5.74, 6) is -1.57. The van der Waals surface area contributed by atoms with Crippen LogP contribution in [0.15, 0.2) is 36.4 Å². The van der Waals surface area contributed by atoms with Gasteiger partial charge in [-0.1, -0.05) is 6.07 Å². The van der Waals surface area contributed by atoms with Crippen LogP contribution < -0.4 is 20.3 Å². The first-order valence-electron chi connectivity index (χ1n) is 9.24. The number of carbonyl (C=O) groups is 1. The Labute approximate surface area is 184 Å². The van der Waals surface area contributed by atoms with Crippen LogP contribution in [-0.4, -0.2) is 41.5 Å². The molecule has 0 spiro atoms. The summed E-state index contributed by atoms with van der Waals surface area (Å²) in [4.78, 5) is 23.3. The molecule has 10 nitrogen and oxygen atoms in total. The average molecular weight is 465 g/mol. The molecule has 1 aliphatic rings. The van der Waals surface area contributed by atoms with Crippen molar-refractivity contribution in [2.24, 2.45) is 0 Å². The van der Waals surface area contributed by atoms with Gasteiger partial charge in [-0.05, 0) is 42.8 Å². The maximum absolute atomic E-state index is 12.5. The van der Waals surface area contributed by atoms with Crippen molar-refractivity contribution < 1.29 is 42.0 Å². The fourth-order valence-corrected chi connectivity index (χ4v) is 3.04. The molecule has 33 heavy (non-hydrogen) atoms. The number of ether oxygens (including phenoxy) is 2. The highest BCUT2D eigenvalue weighted by Gasteiger charge is 2.39. The molecule has 0 fully saturated rings. The van der Waals surface area contributed by atoms with E-state index in [1.54, 1.807) is 0 Å². The number of halogens is 3. The highest BCUT2D eigenvalue weighted by molar-refractivity contribution is 6.63. The molecular weight excluding hydrogens is 450 g/mol. The van der Waals surface area contributed by atoms with Crippen LogP contribution in [0.4, 0.5) is 18.9 Å². The number of nitrogens with zero attached hydrogens (tertiary/aromatic N) is 2. The van der Waals surface area contributed by atoms with Gasteiger partial charge in [0.15, 0.2) is 11.3 Å². The van der Waals surface area contributed by atoms with E-state index < -0.39 is 47.9 Å². The summed E-state index contributed by atoms with van der Waals surface area (Å²) in [6.45, 7) is 0.765. The lowest BCUT2D eigenvalue weighted by atomic mass is 9.78. The molecule has 0 bridgehead atoms. The number of nitriles is 1. The van der Waals surface area contributed by atoms with Crippen molar-refractivity contribution in [1.82, 2.24) is 5.32 Å². The largest absolute Gasteiger partial charge is 0.573 e. The van der Waals surface area contributed by atoms with E-state index in [4.69, 9.17) is 9.39 Å². The van der Waals surface area contributed by atoms with Crippen molar-refractivity contribution in [2.45, 2.75) is 25.4 Å². The van der Waals surface area contributed by atoms with Gasteiger partial charge in [0.1, 0.15) is 12.4 Å². The van der Waals surface area contributed by atoms with Gasteiger partial charge < -0.3 is 24.5 Å². The summed E-state index contributed by atoms with van der Waals surface area (Å²) in [7, 11) is -1.50. The van der Waals surface area contributed by atoms with E-state index in [1.165, 1.54) is 19.1 Å². The molecule has 2 N–H and O–H groups in total. The van der Waals surface area contributed by atoms with E-state index in [0.29, 0.717) is 5.56 Å². The predicted octanol–water partition coefficient (Wildman–Crippen LogP) is 1.80. The number of hydrogen-bond donors (Lipinski definition) is 2. The second-order valence-electron chi connectivity index (χ2n) is 7.16. The Hall–Kier alpha value is -3.83. The molecule has 1 aliphatic heterocycles. The molecule has 0 aromatic heterocycles. The monoisotopic (exact) mass is 465 g/mol. The minimum absolute atomic E-state index is 0.0175. The molecule has 0 saturated heterocycles. The summed E-state index contributed by atoms with van der Waals surface area (Å²) in [5.41, 5.74) is -1.89. The Morgan fingerprint density at radius 2 is 2.00 bits per heavy atom. The van der Waals surface area contributed by atoms with E-state index in [1.807, 2.05) is 6.07 Å². The first kappa shape index (κ1) is 23.8. The van der Waals surface area contributed by atoms with Gasteiger partial charge in [0.25, 0.3) is 5.91 Å². The van der Waals surface area contributed by atoms with Gasteiger partial charge in [0.2, 0.25) is 0 Å². The third kappa shape index (κ3) is 5.51. The van der Waals surface area contributed by atoms with Gasteiger partial charge in [-0.3, -0.25) is 14.9 Å². The second-order valence-corrected chi connectivity index (χ2v) is 7.16. The zero-order valence-corrected chi connectivity index (χ0v) is 16.9. The summed E-state index contributed by atoms with van der Waals surface area (Å²) in [6.07, 6.45) is -4.89. The molecule has 1 amide bonds. The number of carbonyl (C=O) groups excluding carboxylic acids is 1. The minimum atomic E-state index is -4.89. The quantitative estimate of drug-likeness (QED) is 0.358. The number of fused-ring (bicyclic) bond motifs is 1. The van der Waals surface area contributed by atoms with Crippen molar-refractivity contribution >= 4 is 24.2 Å². The van der Waals surface area contributed by atoms with Crippen LogP contribution in [0, 0.1) is 21.4 Å². The number of amides is 1. The Kier molecular flexibility index (Phi) is 6.47. The zero-order valence-electron chi connectivity index (χ0n) is 16.9. The van der Waals surface area contributed by atoms with Crippen LogP contribution in [-0.2, 0) is 11.3 Å². The maximum Gasteiger partial charge on any atom is 0.573 e. The topological polar surface area (TPSA) is 144 Å². The average Bonchev–Trinajstić information content (AvgIpc) is 3.12. The van der Waals surface area contributed by atoms with Crippen LogP contribution in [0.3, 0.4) is 0 Å². The van der Waals surface area contributed by atoms with Gasteiger partial charge in [0.05, 0.1) is 23.1 Å². The summed E-state index contributed by atoms with van der Waals surface area (Å²) >= 11 is 0. The Morgan fingerprint density at radius 3 is 2.58 bits per heavy atom. The predicted molar refractivity (Wildman–Crippen MR) is 106 cm³/mol. The van der Waals surface area contributed by atoms with Crippen LogP contribution in [0.1, 0.15) is 22.8 Å². The van der Waals surface area contributed by atoms with E-state index in [2.05, 4.69) is 10.1 Å². The Balaban J connectivity index is 1.73. The number of nitro groups is 1. The van der Waals surface area contributed by atoms with Gasteiger partial charge in [-0.15, -0.1) is 13.2 Å². The lowest BCUT2D eigenvalue weighted by Crippen LogP contribution is -2.49. The van der Waals surface area contributed by atoms with Gasteiger partial charge in [-0.2, -0.15) is 5.26 Å². The molecule has 0 unspecified atom stereocenters. The number of nitrogens with one attached hydrogen (secondary N) is 1. The van der Waals surface area contributed by atoms with Crippen LogP contribution in [0.5, 0.6) is 11.5 Å². The number of hydrogen-bond acceptors (Lipinski definition) is 8. The Bertz CT molecular complexity index is 1120. The normalized spacial score (nSPS) is 14.6. The van der Waals surface area contributed by atoms with Crippen LogP contribution >= 0.6 is 0 Å². The van der Waals surface area contributed by atoms with E-state index >= 15 is 0 Å². The molecule has 0 saturated carbocycles. The molecule has 3 rings (SSSR count). The smallest absolute Gasteiger partial charge is 0.483 e. The number of benzene rings is 2. The SMILES string of the molecule is C[C@](C#N)(COc1ccc2c(c1[N+](=O)[O-])B(O)OC2)NC(=O)c1ccc(OC(F)(F)F)cc1. The highest BCUT2D eigenvalue weighted by Crippen LogP contribution is 2.30. The molecule has 2 aromatic carbocycles. The molecule has 1 atom stereocenters. The van der Waals surface area contributed by atoms with Gasteiger partial charge in [0, 0.05) is 5.56 Å². The van der Waals surface area contributed by atoms with Crippen molar-refractivity contribution in [2.75, 3.05) is 6.61 Å². The Morgan fingerprint density at radius 1 is 1.33 bits per heavy atom. The van der Waals surface area contributed by atoms with Gasteiger partial charge >= 0.3 is 19.2 Å². The standard InChI is InChI=1S/C19H15BF3N3O7/c1-18(9-24,25-17(27)11-2-5-13(6-3-11)33-19(21,22)23)10-31-14-7-4-12-8-32-20(28)15(12)16(14)26(29)30/h2-7,28H,8,10H2,1H3,(H,25,27)/t18-/m0/s1. The van der Waals surface area contributed by atoms with Crippen molar-refractivity contribution in [1.29, 1.82) is 5.26 Å². The summed E-state index contributed by atoms with van der Waals surface area (Å²) in [5, 5.41) is 33.3. The molecule has 172 valence electrons. The van der Waals surface area contributed by atoms with Crippen molar-refractivity contribution in [3.8, 4) is 17.6 Å². The lowest BCUT2D eigenvalue weighted by Gasteiger charge is -2.23. The van der Waals surface area contributed by atoms with Crippen LogP contribution in [0.25, 0.3) is 0 Å². The summed E-state index contributed by atoms with van der Waals surface area (Å²) < 4.78 is 50.9. The minimum Gasteiger partial charge on any atom is -0.483 e. The molecule has 14 heteroatoms. The third-order valence-corrected chi connectivity index (χ3v) is 4.60. The zero-order chi connectivity index (χ0) is 24.4. The number of nitro benzene ring substituents is 1. The lowest BCUT2D eigenvalue weighted by molar-refractivity contribution is -0.384. The van der Waals surface area contributed by atoms with Crippen molar-refractivity contribution in [3.63, 3.8) is 0 Å². The number of rotatable bonds is 7. The molecule has 0 radical (unpaired) electrons. The van der Waals surface area contributed by atoms with E-state index in [0.717, 1.165) is 24.3 Å². The van der Waals surface area contributed by atoms with Crippen LogP contribution in [0.2, 0.25) is 0 Å². The maximum atomic E-state index is 12.5. The van der Waals surface area contributed by atoms with Gasteiger partial charge in [-0.25, -0.2) is 0 Å². The third-order valence-electron chi connectivity index (χ3n) is 4.60. The molecule has 2 aromatic rings. The first-order valence-corrected chi connectivity index (χ1v) is 9.24. The number of alkyl halides is 3. The highest BCUT2D eigenvalue weighted by atomic mass is 19.4. The second kappa shape index (κ2) is 8.97. The molecule has 0 aliphatic carbocycles. The summed E-state index contributed by atoms with van der Waals surface area (Å²) in [6, 6.07) is 8.60. The fourth-order valence-electron chi connectivity index (χ4n) is 3.04. The van der Waals surface area contributed by atoms with E-state index in [9.17, 15) is 38.4 Å².